The number of hydrogen-bond donors (Lipinski definition) is 0. The highest BCUT2D eigenvalue weighted by Gasteiger charge is 2.09. The van der Waals surface area contributed by atoms with Crippen LogP contribution in [-0.2, 0) is 0 Å². The van der Waals surface area contributed by atoms with Gasteiger partial charge in [-0.05, 0) is 35.9 Å². The summed E-state index contributed by atoms with van der Waals surface area (Å²) in [4.78, 5) is 8.67. The summed E-state index contributed by atoms with van der Waals surface area (Å²) >= 11 is 0. The molecule has 2 aromatic heterocycles. The van der Waals surface area contributed by atoms with Gasteiger partial charge < -0.3 is 0 Å². The van der Waals surface area contributed by atoms with E-state index in [9.17, 15) is 4.39 Å². The number of benzene rings is 1. The Kier molecular flexibility index (Phi) is 3.02. The zero-order valence-corrected chi connectivity index (χ0v) is 10.1. The van der Waals surface area contributed by atoms with Gasteiger partial charge in [-0.15, -0.1) is 0 Å². The third-order valence-corrected chi connectivity index (χ3v) is 2.85. The molecule has 92 valence electrons. The van der Waals surface area contributed by atoms with Crippen molar-refractivity contribution in [1.29, 1.82) is 0 Å². The van der Waals surface area contributed by atoms with E-state index >= 15 is 0 Å². The van der Waals surface area contributed by atoms with Gasteiger partial charge in [0.2, 0.25) is 0 Å². The minimum Gasteiger partial charge on any atom is -0.255 e. The highest BCUT2D eigenvalue weighted by atomic mass is 19.1. The molecule has 1 aromatic carbocycles. The Morgan fingerprint density at radius 2 is 1.68 bits per heavy atom. The van der Waals surface area contributed by atoms with Crippen LogP contribution in [0.2, 0.25) is 0 Å². The SMILES string of the molecule is Fc1cccc(-c2cccnc2-c2ccccn2)c1. The maximum absolute atomic E-state index is 13.4. The summed E-state index contributed by atoms with van der Waals surface area (Å²) in [5.74, 6) is -0.256. The molecular formula is C16H11FN2. The van der Waals surface area contributed by atoms with E-state index in [1.807, 2.05) is 36.4 Å². The predicted molar refractivity (Wildman–Crippen MR) is 72.9 cm³/mol. The summed E-state index contributed by atoms with van der Waals surface area (Å²) in [6, 6.07) is 15.9. The summed E-state index contributed by atoms with van der Waals surface area (Å²) in [5.41, 5.74) is 3.21. The van der Waals surface area contributed by atoms with Crippen molar-refractivity contribution in [2.45, 2.75) is 0 Å². The first kappa shape index (κ1) is 11.5. The smallest absolute Gasteiger partial charge is 0.123 e. The fourth-order valence-corrected chi connectivity index (χ4v) is 2.00. The van der Waals surface area contributed by atoms with Crippen molar-refractivity contribution in [2.75, 3.05) is 0 Å². The molecule has 2 nitrogen and oxygen atoms in total. The van der Waals surface area contributed by atoms with Crippen LogP contribution >= 0.6 is 0 Å². The van der Waals surface area contributed by atoms with Gasteiger partial charge in [-0.2, -0.15) is 0 Å². The Bertz CT molecular complexity index is 696. The Morgan fingerprint density at radius 3 is 2.47 bits per heavy atom. The quantitative estimate of drug-likeness (QED) is 0.688. The number of nitrogens with zero attached hydrogens (tertiary/aromatic N) is 2. The molecule has 0 amide bonds. The lowest BCUT2D eigenvalue weighted by atomic mass is 10.0. The first-order valence-corrected chi connectivity index (χ1v) is 5.97. The van der Waals surface area contributed by atoms with Gasteiger partial charge in [-0.25, -0.2) is 4.39 Å². The van der Waals surface area contributed by atoms with Crippen molar-refractivity contribution in [3.63, 3.8) is 0 Å². The van der Waals surface area contributed by atoms with Gasteiger partial charge in [0.1, 0.15) is 5.82 Å². The zero-order valence-electron chi connectivity index (χ0n) is 10.1. The van der Waals surface area contributed by atoms with E-state index in [-0.39, 0.29) is 5.82 Å². The van der Waals surface area contributed by atoms with Gasteiger partial charge in [0.15, 0.2) is 0 Å². The topological polar surface area (TPSA) is 25.8 Å². The van der Waals surface area contributed by atoms with Crippen LogP contribution in [0.3, 0.4) is 0 Å². The first-order chi connectivity index (χ1) is 9.34. The minimum atomic E-state index is -0.256. The molecule has 0 aliphatic carbocycles. The number of hydrogen-bond acceptors (Lipinski definition) is 2. The Morgan fingerprint density at radius 1 is 0.789 bits per heavy atom. The molecule has 0 aliphatic rings. The third-order valence-electron chi connectivity index (χ3n) is 2.85. The second kappa shape index (κ2) is 4.98. The average molecular weight is 250 g/mol. The van der Waals surface area contributed by atoms with Gasteiger partial charge in [-0.3, -0.25) is 9.97 Å². The van der Waals surface area contributed by atoms with Crippen molar-refractivity contribution >= 4 is 0 Å². The van der Waals surface area contributed by atoms with Gasteiger partial charge in [0.05, 0.1) is 11.4 Å². The van der Waals surface area contributed by atoms with Crippen molar-refractivity contribution in [1.82, 2.24) is 9.97 Å². The summed E-state index contributed by atoms with van der Waals surface area (Å²) in [7, 11) is 0. The highest BCUT2D eigenvalue weighted by molar-refractivity contribution is 5.78. The Labute approximate surface area is 110 Å². The first-order valence-electron chi connectivity index (χ1n) is 5.97. The van der Waals surface area contributed by atoms with Crippen LogP contribution in [0.1, 0.15) is 0 Å². The van der Waals surface area contributed by atoms with E-state index < -0.39 is 0 Å². The molecule has 2 heterocycles. The molecule has 0 bridgehead atoms. The van der Waals surface area contributed by atoms with Crippen LogP contribution in [0.4, 0.5) is 4.39 Å². The van der Waals surface area contributed by atoms with Gasteiger partial charge in [0.25, 0.3) is 0 Å². The average Bonchev–Trinajstić information content (AvgIpc) is 2.48. The zero-order chi connectivity index (χ0) is 13.1. The van der Waals surface area contributed by atoms with Crippen LogP contribution in [-0.4, -0.2) is 9.97 Å². The van der Waals surface area contributed by atoms with Gasteiger partial charge in [0, 0.05) is 18.0 Å². The van der Waals surface area contributed by atoms with Crippen LogP contribution in [0.15, 0.2) is 67.0 Å². The second-order valence-electron chi connectivity index (χ2n) is 4.12. The molecule has 0 spiro atoms. The maximum Gasteiger partial charge on any atom is 0.123 e. The fraction of sp³-hybridized carbons (Fsp3) is 0. The molecule has 0 fully saturated rings. The molecule has 0 unspecified atom stereocenters. The highest BCUT2D eigenvalue weighted by Crippen LogP contribution is 2.28. The molecule has 3 aromatic rings. The molecule has 0 atom stereocenters. The van der Waals surface area contributed by atoms with Crippen molar-refractivity contribution in [2.24, 2.45) is 0 Å². The van der Waals surface area contributed by atoms with E-state index in [0.29, 0.717) is 0 Å². The van der Waals surface area contributed by atoms with E-state index in [4.69, 9.17) is 0 Å². The van der Waals surface area contributed by atoms with E-state index in [2.05, 4.69) is 9.97 Å². The lowest BCUT2D eigenvalue weighted by Crippen LogP contribution is -1.91. The van der Waals surface area contributed by atoms with Crippen molar-refractivity contribution < 1.29 is 4.39 Å². The molecule has 0 N–H and O–H groups in total. The molecule has 0 saturated heterocycles. The summed E-state index contributed by atoms with van der Waals surface area (Å²) in [5, 5.41) is 0. The van der Waals surface area contributed by atoms with Crippen LogP contribution in [0.25, 0.3) is 22.5 Å². The normalized spacial score (nSPS) is 10.4. The molecule has 0 radical (unpaired) electrons. The molecule has 19 heavy (non-hydrogen) atoms. The number of pyridine rings is 2. The summed E-state index contributed by atoms with van der Waals surface area (Å²) < 4.78 is 13.4. The Hall–Kier alpha value is -2.55. The molecule has 3 rings (SSSR count). The van der Waals surface area contributed by atoms with Gasteiger partial charge in [-0.1, -0.05) is 24.3 Å². The number of halogens is 1. The monoisotopic (exact) mass is 250 g/mol. The van der Waals surface area contributed by atoms with Crippen LogP contribution in [0, 0.1) is 5.82 Å². The molecule has 0 saturated carbocycles. The molecule has 3 heteroatoms. The lowest BCUT2D eigenvalue weighted by molar-refractivity contribution is 0.628. The largest absolute Gasteiger partial charge is 0.255 e. The second-order valence-corrected chi connectivity index (χ2v) is 4.12. The summed E-state index contributed by atoms with van der Waals surface area (Å²) in [6.45, 7) is 0. The van der Waals surface area contributed by atoms with E-state index in [1.165, 1.54) is 12.1 Å². The maximum atomic E-state index is 13.4. The fourth-order valence-electron chi connectivity index (χ4n) is 2.00. The van der Waals surface area contributed by atoms with E-state index in [0.717, 1.165) is 22.5 Å². The molecular weight excluding hydrogens is 239 g/mol. The van der Waals surface area contributed by atoms with Crippen molar-refractivity contribution in [3.8, 4) is 22.5 Å². The van der Waals surface area contributed by atoms with Crippen molar-refractivity contribution in [3.05, 3.63) is 72.8 Å². The van der Waals surface area contributed by atoms with E-state index in [1.54, 1.807) is 18.5 Å². The van der Waals surface area contributed by atoms with Crippen LogP contribution in [0.5, 0.6) is 0 Å². The lowest BCUT2D eigenvalue weighted by Gasteiger charge is -2.08. The number of aromatic nitrogens is 2. The Balaban J connectivity index is 2.18. The van der Waals surface area contributed by atoms with Crippen LogP contribution < -0.4 is 0 Å². The summed E-state index contributed by atoms with van der Waals surface area (Å²) in [6.07, 6.45) is 3.44. The van der Waals surface area contributed by atoms with Gasteiger partial charge >= 0.3 is 0 Å². The third kappa shape index (κ3) is 2.36. The molecule has 0 aliphatic heterocycles. The number of rotatable bonds is 2. The standard InChI is InChI=1S/C16H11FN2/c17-13-6-3-5-12(11-13)14-7-4-10-19-16(14)15-8-1-2-9-18-15/h1-11H. The minimum absolute atomic E-state index is 0.256. The predicted octanol–water partition coefficient (Wildman–Crippen LogP) is 3.95.